The van der Waals surface area contributed by atoms with Gasteiger partial charge in [-0.05, 0) is 50.0 Å². The predicted molar refractivity (Wildman–Crippen MR) is 130 cm³/mol. The lowest BCUT2D eigenvalue weighted by atomic mass is 9.81. The van der Waals surface area contributed by atoms with Gasteiger partial charge in [0, 0.05) is 64.9 Å². The van der Waals surface area contributed by atoms with E-state index in [-0.39, 0.29) is 5.60 Å². The lowest BCUT2D eigenvalue weighted by Crippen LogP contribution is -2.57. The molecule has 0 saturated carbocycles. The van der Waals surface area contributed by atoms with E-state index in [1.54, 1.807) is 0 Å². The molecule has 1 atom stereocenters. The van der Waals surface area contributed by atoms with Crippen molar-refractivity contribution in [1.29, 1.82) is 0 Å². The fraction of sp³-hybridized carbons (Fsp3) is 0.741. The molecule has 1 spiro atoms. The first-order chi connectivity index (χ1) is 15.5. The number of hydrogen-bond acceptors (Lipinski definition) is 4. The van der Waals surface area contributed by atoms with E-state index in [4.69, 9.17) is 4.74 Å². The van der Waals surface area contributed by atoms with Crippen molar-refractivity contribution < 1.29 is 9.53 Å². The molecule has 1 aromatic rings. The maximum atomic E-state index is 12.8. The summed E-state index contributed by atoms with van der Waals surface area (Å²) in [5, 5.41) is 0. The van der Waals surface area contributed by atoms with Crippen LogP contribution in [-0.2, 0) is 16.0 Å². The SMILES string of the molecule is CC(C)CN1CCN([C@H]2CCOC3(CCN(C(=O)CCCc4ccccc4)CC3)C2)CC1. The van der Waals surface area contributed by atoms with E-state index in [9.17, 15) is 4.79 Å². The zero-order valence-corrected chi connectivity index (χ0v) is 20.3. The average Bonchev–Trinajstić information content (AvgIpc) is 2.80. The Morgan fingerprint density at radius 1 is 1.06 bits per heavy atom. The first-order valence-corrected chi connectivity index (χ1v) is 13.0. The normalized spacial score (nSPS) is 24.8. The standard InChI is InChI=1S/C27H43N3O2/c1-23(2)22-28-16-18-29(19-17-28)25-11-20-32-27(21-25)12-14-30(15-13-27)26(31)10-6-9-24-7-4-3-5-8-24/h3-5,7-8,23,25H,6,9-22H2,1-2H3/t25-/m0/s1. The molecule has 3 aliphatic rings. The maximum Gasteiger partial charge on any atom is 0.222 e. The van der Waals surface area contributed by atoms with E-state index in [0.717, 1.165) is 64.1 Å². The third-order valence-electron chi connectivity index (χ3n) is 7.74. The van der Waals surface area contributed by atoms with Crippen molar-refractivity contribution >= 4 is 5.91 Å². The highest BCUT2D eigenvalue weighted by Gasteiger charge is 2.42. The van der Waals surface area contributed by atoms with E-state index in [2.05, 4.69) is 52.8 Å². The van der Waals surface area contributed by atoms with Gasteiger partial charge >= 0.3 is 0 Å². The lowest BCUT2D eigenvalue weighted by Gasteiger charge is -2.49. The largest absolute Gasteiger partial charge is 0.375 e. The number of amides is 1. The second-order valence-corrected chi connectivity index (χ2v) is 10.6. The van der Waals surface area contributed by atoms with E-state index < -0.39 is 0 Å². The number of piperazine rings is 1. The quantitative estimate of drug-likeness (QED) is 0.644. The van der Waals surface area contributed by atoms with Crippen molar-refractivity contribution in [2.45, 2.75) is 70.4 Å². The summed E-state index contributed by atoms with van der Waals surface area (Å²) in [5.74, 6) is 1.07. The second-order valence-electron chi connectivity index (χ2n) is 10.6. The Labute approximate surface area is 195 Å². The number of aryl methyl sites for hydroxylation is 1. The summed E-state index contributed by atoms with van der Waals surface area (Å²) in [7, 11) is 0. The van der Waals surface area contributed by atoms with Gasteiger partial charge in [0.05, 0.1) is 5.60 Å². The third-order valence-corrected chi connectivity index (χ3v) is 7.74. The minimum absolute atomic E-state index is 0.00119. The van der Waals surface area contributed by atoms with Crippen LogP contribution in [0.15, 0.2) is 30.3 Å². The van der Waals surface area contributed by atoms with Gasteiger partial charge < -0.3 is 14.5 Å². The molecule has 0 radical (unpaired) electrons. The van der Waals surface area contributed by atoms with E-state index in [1.165, 1.54) is 38.3 Å². The number of hydrogen-bond donors (Lipinski definition) is 0. The number of rotatable bonds is 7. The molecule has 5 nitrogen and oxygen atoms in total. The number of piperidine rings is 1. The monoisotopic (exact) mass is 441 g/mol. The summed E-state index contributed by atoms with van der Waals surface area (Å²) in [6, 6.07) is 11.1. The fourth-order valence-corrected chi connectivity index (χ4v) is 5.90. The highest BCUT2D eigenvalue weighted by atomic mass is 16.5. The van der Waals surface area contributed by atoms with Gasteiger partial charge in [-0.25, -0.2) is 0 Å². The summed E-state index contributed by atoms with van der Waals surface area (Å²) < 4.78 is 6.39. The van der Waals surface area contributed by atoms with Gasteiger partial charge in [-0.1, -0.05) is 44.2 Å². The molecule has 0 aliphatic carbocycles. The zero-order valence-electron chi connectivity index (χ0n) is 20.3. The maximum absolute atomic E-state index is 12.8. The van der Waals surface area contributed by atoms with Gasteiger partial charge in [-0.2, -0.15) is 0 Å². The van der Waals surface area contributed by atoms with Gasteiger partial charge in [0.25, 0.3) is 0 Å². The molecule has 0 bridgehead atoms. The zero-order chi connectivity index (χ0) is 22.4. The summed E-state index contributed by atoms with van der Waals surface area (Å²) in [5.41, 5.74) is 1.32. The first-order valence-electron chi connectivity index (χ1n) is 13.0. The Morgan fingerprint density at radius 3 is 2.47 bits per heavy atom. The average molecular weight is 442 g/mol. The topological polar surface area (TPSA) is 36.0 Å². The van der Waals surface area contributed by atoms with Crippen LogP contribution in [0.1, 0.15) is 57.9 Å². The van der Waals surface area contributed by atoms with Crippen molar-refractivity contribution in [2.75, 3.05) is 52.4 Å². The first kappa shape index (κ1) is 23.7. The Kier molecular flexibility index (Phi) is 8.25. The molecule has 3 heterocycles. The molecule has 4 rings (SSSR count). The molecular formula is C27H43N3O2. The van der Waals surface area contributed by atoms with Crippen LogP contribution in [0.4, 0.5) is 0 Å². The smallest absolute Gasteiger partial charge is 0.222 e. The predicted octanol–water partition coefficient (Wildman–Crippen LogP) is 3.82. The molecule has 0 N–H and O–H groups in total. The lowest BCUT2D eigenvalue weighted by molar-refractivity contribution is -0.150. The van der Waals surface area contributed by atoms with Crippen LogP contribution in [0.3, 0.4) is 0 Å². The number of benzene rings is 1. The molecule has 178 valence electrons. The van der Waals surface area contributed by atoms with Crippen LogP contribution in [0.25, 0.3) is 0 Å². The molecule has 3 fully saturated rings. The van der Waals surface area contributed by atoms with Crippen LogP contribution in [-0.4, -0.2) is 84.7 Å². The summed E-state index contributed by atoms with van der Waals surface area (Å²) in [6.45, 7) is 13.2. The summed E-state index contributed by atoms with van der Waals surface area (Å²) in [6.07, 6.45) is 6.89. The molecule has 3 saturated heterocycles. The van der Waals surface area contributed by atoms with Crippen LogP contribution >= 0.6 is 0 Å². The van der Waals surface area contributed by atoms with Crippen LogP contribution in [0.5, 0.6) is 0 Å². The second kappa shape index (κ2) is 11.1. The molecule has 0 unspecified atom stereocenters. The van der Waals surface area contributed by atoms with Crippen molar-refractivity contribution in [3.05, 3.63) is 35.9 Å². The minimum Gasteiger partial charge on any atom is -0.375 e. The summed E-state index contributed by atoms with van der Waals surface area (Å²) >= 11 is 0. The molecule has 1 aromatic carbocycles. The Hall–Kier alpha value is -1.43. The number of likely N-dealkylation sites (tertiary alicyclic amines) is 1. The number of carbonyl (C=O) groups excluding carboxylic acids is 1. The molecule has 0 aromatic heterocycles. The molecule has 5 heteroatoms. The van der Waals surface area contributed by atoms with Gasteiger partial charge in [0.1, 0.15) is 0 Å². The Balaban J connectivity index is 1.20. The van der Waals surface area contributed by atoms with Crippen LogP contribution in [0.2, 0.25) is 0 Å². The highest BCUT2D eigenvalue weighted by Crippen LogP contribution is 2.37. The van der Waals surface area contributed by atoms with Crippen LogP contribution in [0, 0.1) is 5.92 Å². The number of carbonyl (C=O) groups is 1. The molecular weight excluding hydrogens is 398 g/mol. The Morgan fingerprint density at radius 2 is 1.78 bits per heavy atom. The van der Waals surface area contributed by atoms with Gasteiger partial charge in [-0.3, -0.25) is 9.69 Å². The van der Waals surface area contributed by atoms with E-state index in [1.807, 2.05) is 6.07 Å². The molecule has 3 aliphatic heterocycles. The number of ether oxygens (including phenoxy) is 1. The van der Waals surface area contributed by atoms with Gasteiger partial charge in [0.2, 0.25) is 5.91 Å². The van der Waals surface area contributed by atoms with E-state index >= 15 is 0 Å². The van der Waals surface area contributed by atoms with Crippen molar-refractivity contribution in [3.63, 3.8) is 0 Å². The van der Waals surface area contributed by atoms with Gasteiger partial charge in [0.15, 0.2) is 0 Å². The number of nitrogens with zero attached hydrogens (tertiary/aromatic N) is 3. The third kappa shape index (κ3) is 6.33. The minimum atomic E-state index is -0.00119. The highest BCUT2D eigenvalue weighted by molar-refractivity contribution is 5.76. The van der Waals surface area contributed by atoms with Crippen molar-refractivity contribution in [1.82, 2.24) is 14.7 Å². The molecule has 1 amide bonds. The summed E-state index contributed by atoms with van der Waals surface area (Å²) in [4.78, 5) is 20.2. The van der Waals surface area contributed by atoms with Gasteiger partial charge in [-0.15, -0.1) is 0 Å². The van der Waals surface area contributed by atoms with Crippen molar-refractivity contribution in [2.24, 2.45) is 5.92 Å². The van der Waals surface area contributed by atoms with Crippen molar-refractivity contribution in [3.8, 4) is 0 Å². The fourth-order valence-electron chi connectivity index (χ4n) is 5.90. The Bertz CT molecular complexity index is 707. The molecule has 32 heavy (non-hydrogen) atoms. The van der Waals surface area contributed by atoms with E-state index in [0.29, 0.717) is 18.4 Å². The van der Waals surface area contributed by atoms with Crippen LogP contribution < -0.4 is 0 Å².